The van der Waals surface area contributed by atoms with Crippen LogP contribution in [0.25, 0.3) is 0 Å². The first-order valence-corrected chi connectivity index (χ1v) is 5.30. The summed E-state index contributed by atoms with van der Waals surface area (Å²) >= 11 is 0. The van der Waals surface area contributed by atoms with E-state index in [1.165, 1.54) is 0 Å². The van der Waals surface area contributed by atoms with Gasteiger partial charge in [0.05, 0.1) is 12.6 Å². The van der Waals surface area contributed by atoms with E-state index in [0.29, 0.717) is 11.7 Å². The number of alkyl halides is 2. The number of likely N-dealkylation sites (tertiary alicyclic amines) is 1. The Bertz CT molecular complexity index is 378. The third kappa shape index (κ3) is 2.07. The van der Waals surface area contributed by atoms with E-state index in [4.69, 9.17) is 4.52 Å². The van der Waals surface area contributed by atoms with E-state index in [1.54, 1.807) is 11.9 Å². The molecule has 90 valence electrons. The molecule has 4 nitrogen and oxygen atoms in total. The molecule has 0 aromatic carbocycles. The normalized spacial score (nSPS) is 25.5. The molecular formula is C10H15F2N3O. The van der Waals surface area contributed by atoms with Crippen LogP contribution >= 0.6 is 0 Å². The van der Waals surface area contributed by atoms with E-state index < -0.39 is 12.0 Å². The molecule has 1 fully saturated rings. The predicted molar refractivity (Wildman–Crippen MR) is 53.3 cm³/mol. The number of hydrogen-bond acceptors (Lipinski definition) is 4. The Balaban J connectivity index is 2.18. The highest BCUT2D eigenvalue weighted by Gasteiger charge is 2.46. The van der Waals surface area contributed by atoms with Gasteiger partial charge in [-0.3, -0.25) is 4.90 Å². The summed E-state index contributed by atoms with van der Waals surface area (Å²) in [5, 5.41) is 3.78. The number of nitrogens with zero attached hydrogens (tertiary/aromatic N) is 3. The molecule has 1 aromatic rings. The van der Waals surface area contributed by atoms with Gasteiger partial charge in [0.25, 0.3) is 5.92 Å². The number of aromatic nitrogens is 2. The molecular weight excluding hydrogens is 216 g/mol. The minimum atomic E-state index is -2.66. The van der Waals surface area contributed by atoms with Crippen LogP contribution in [0.2, 0.25) is 0 Å². The van der Waals surface area contributed by atoms with Gasteiger partial charge in [0.15, 0.2) is 5.82 Å². The van der Waals surface area contributed by atoms with Crippen molar-refractivity contribution in [3.8, 4) is 0 Å². The minimum Gasteiger partial charge on any atom is -0.338 e. The van der Waals surface area contributed by atoms with Crippen molar-refractivity contribution in [3.63, 3.8) is 0 Å². The zero-order chi connectivity index (χ0) is 11.9. The summed E-state index contributed by atoms with van der Waals surface area (Å²) < 4.78 is 31.4. The molecule has 1 aromatic heterocycles. The molecule has 2 heterocycles. The van der Waals surface area contributed by atoms with E-state index in [-0.39, 0.29) is 18.9 Å². The molecule has 0 N–H and O–H groups in total. The van der Waals surface area contributed by atoms with Crippen LogP contribution in [0.4, 0.5) is 8.78 Å². The topological polar surface area (TPSA) is 42.2 Å². The Labute approximate surface area is 92.6 Å². The lowest BCUT2D eigenvalue weighted by atomic mass is 10.2. The van der Waals surface area contributed by atoms with Gasteiger partial charge < -0.3 is 4.52 Å². The Morgan fingerprint density at radius 1 is 1.50 bits per heavy atom. The molecule has 6 heteroatoms. The third-order valence-corrected chi connectivity index (χ3v) is 2.76. The maximum absolute atomic E-state index is 13.2. The Morgan fingerprint density at radius 2 is 2.19 bits per heavy atom. The van der Waals surface area contributed by atoms with E-state index in [2.05, 4.69) is 10.1 Å². The molecule has 1 aliphatic rings. The van der Waals surface area contributed by atoms with Crippen molar-refractivity contribution in [1.29, 1.82) is 0 Å². The number of hydrogen-bond donors (Lipinski definition) is 0. The molecule has 0 amide bonds. The Morgan fingerprint density at radius 3 is 2.62 bits per heavy atom. The average Bonchev–Trinajstić information content (AvgIpc) is 2.69. The largest absolute Gasteiger partial charge is 0.338 e. The van der Waals surface area contributed by atoms with Crippen molar-refractivity contribution in [3.05, 3.63) is 11.7 Å². The SMILES string of the molecule is CC(C)c1noc([C@@H]2CC(F)(F)CN2C)n1. The second-order valence-corrected chi connectivity index (χ2v) is 4.64. The van der Waals surface area contributed by atoms with E-state index in [9.17, 15) is 8.78 Å². The monoisotopic (exact) mass is 231 g/mol. The summed E-state index contributed by atoms with van der Waals surface area (Å²) in [4.78, 5) is 5.71. The van der Waals surface area contributed by atoms with Crippen LogP contribution in [0.15, 0.2) is 4.52 Å². The highest BCUT2D eigenvalue weighted by Crippen LogP contribution is 2.39. The first-order valence-electron chi connectivity index (χ1n) is 5.30. The van der Waals surface area contributed by atoms with Gasteiger partial charge in [-0.2, -0.15) is 4.98 Å². The fourth-order valence-corrected chi connectivity index (χ4v) is 1.87. The highest BCUT2D eigenvalue weighted by molar-refractivity contribution is 5.01. The van der Waals surface area contributed by atoms with Crippen LogP contribution < -0.4 is 0 Å². The quantitative estimate of drug-likeness (QED) is 0.782. The fourth-order valence-electron chi connectivity index (χ4n) is 1.87. The zero-order valence-corrected chi connectivity index (χ0v) is 9.57. The van der Waals surface area contributed by atoms with E-state index in [0.717, 1.165) is 0 Å². The summed E-state index contributed by atoms with van der Waals surface area (Å²) in [5.41, 5.74) is 0. The Kier molecular flexibility index (Phi) is 2.69. The molecule has 1 atom stereocenters. The van der Waals surface area contributed by atoms with Gasteiger partial charge in [0.1, 0.15) is 0 Å². The minimum absolute atomic E-state index is 0.143. The van der Waals surface area contributed by atoms with Crippen molar-refractivity contribution in [2.24, 2.45) is 0 Å². The van der Waals surface area contributed by atoms with Gasteiger partial charge in [-0.15, -0.1) is 0 Å². The summed E-state index contributed by atoms with van der Waals surface area (Å²) in [7, 11) is 1.64. The first kappa shape index (κ1) is 11.4. The van der Waals surface area contributed by atoms with Crippen LogP contribution in [-0.2, 0) is 0 Å². The summed E-state index contributed by atoms with van der Waals surface area (Å²) in [6.45, 7) is 3.61. The van der Waals surface area contributed by atoms with Gasteiger partial charge in [-0.1, -0.05) is 19.0 Å². The van der Waals surface area contributed by atoms with Crippen LogP contribution in [0, 0.1) is 0 Å². The summed E-state index contributed by atoms with van der Waals surface area (Å²) in [6.07, 6.45) is -0.247. The van der Waals surface area contributed by atoms with E-state index in [1.807, 2.05) is 13.8 Å². The number of rotatable bonds is 2. The standard InChI is InChI=1S/C10H15F2N3O/c1-6(2)8-13-9(16-14-8)7-4-10(11,12)5-15(7)3/h6-7H,4-5H2,1-3H3/t7-/m0/s1. The third-order valence-electron chi connectivity index (χ3n) is 2.76. The smallest absolute Gasteiger partial charge is 0.262 e. The van der Waals surface area contributed by atoms with Crippen LogP contribution in [0.5, 0.6) is 0 Å². The maximum atomic E-state index is 13.2. The van der Waals surface area contributed by atoms with Crippen molar-refractivity contribution in [1.82, 2.24) is 15.0 Å². The molecule has 0 aliphatic carbocycles. The van der Waals surface area contributed by atoms with Gasteiger partial charge in [-0.25, -0.2) is 8.78 Å². The zero-order valence-electron chi connectivity index (χ0n) is 9.57. The fraction of sp³-hybridized carbons (Fsp3) is 0.800. The lowest BCUT2D eigenvalue weighted by molar-refractivity contribution is 0.0138. The van der Waals surface area contributed by atoms with Crippen molar-refractivity contribution in [2.75, 3.05) is 13.6 Å². The summed E-state index contributed by atoms with van der Waals surface area (Å²) in [5.74, 6) is -1.65. The molecule has 1 saturated heterocycles. The van der Waals surface area contributed by atoms with Crippen molar-refractivity contribution < 1.29 is 13.3 Å². The van der Waals surface area contributed by atoms with Gasteiger partial charge in [0, 0.05) is 12.3 Å². The highest BCUT2D eigenvalue weighted by atomic mass is 19.3. The molecule has 0 bridgehead atoms. The van der Waals surface area contributed by atoms with Gasteiger partial charge >= 0.3 is 0 Å². The predicted octanol–water partition coefficient (Wildman–Crippen LogP) is 2.20. The first-order chi connectivity index (χ1) is 7.39. The molecule has 0 unspecified atom stereocenters. The van der Waals surface area contributed by atoms with Crippen molar-refractivity contribution >= 4 is 0 Å². The second kappa shape index (κ2) is 3.76. The maximum Gasteiger partial charge on any atom is 0.262 e. The molecule has 1 aliphatic heterocycles. The second-order valence-electron chi connectivity index (χ2n) is 4.64. The lowest BCUT2D eigenvalue weighted by Crippen LogP contribution is -2.22. The van der Waals surface area contributed by atoms with E-state index >= 15 is 0 Å². The summed E-state index contributed by atoms with van der Waals surface area (Å²) in [6, 6.07) is -0.463. The Hall–Kier alpha value is -1.04. The van der Waals surface area contributed by atoms with Crippen LogP contribution in [0.3, 0.4) is 0 Å². The molecule has 0 radical (unpaired) electrons. The van der Waals surface area contributed by atoms with Crippen molar-refractivity contribution in [2.45, 2.75) is 38.2 Å². The van der Waals surface area contributed by atoms with Gasteiger partial charge in [0.2, 0.25) is 5.89 Å². The average molecular weight is 231 g/mol. The number of halogens is 2. The van der Waals surface area contributed by atoms with Crippen LogP contribution in [0.1, 0.15) is 43.9 Å². The molecule has 0 saturated carbocycles. The molecule has 0 spiro atoms. The molecule has 16 heavy (non-hydrogen) atoms. The lowest BCUT2D eigenvalue weighted by Gasteiger charge is -2.13. The van der Waals surface area contributed by atoms with Gasteiger partial charge in [-0.05, 0) is 7.05 Å². The van der Waals surface area contributed by atoms with Crippen LogP contribution in [-0.4, -0.2) is 34.6 Å². The molecule has 2 rings (SSSR count).